The summed E-state index contributed by atoms with van der Waals surface area (Å²) < 4.78 is 2.58. The maximum atomic E-state index is 5.12. The van der Waals surface area contributed by atoms with Crippen LogP contribution in [0.25, 0.3) is 87.7 Å². The Morgan fingerprint density at radius 1 is 0.306 bits per heavy atom. The molecule has 2 aromatic heterocycles. The summed E-state index contributed by atoms with van der Waals surface area (Å²) in [6, 6.07) is 61.6. The minimum atomic E-state index is 0.640. The van der Waals surface area contributed by atoms with Crippen LogP contribution in [0.2, 0.25) is 0 Å². The maximum absolute atomic E-state index is 5.12. The van der Waals surface area contributed by atoms with Crippen LogP contribution in [0.3, 0.4) is 0 Å². The zero-order valence-electron chi connectivity index (χ0n) is 26.5. The molecule has 7 aromatic carbocycles. The normalized spacial score (nSPS) is 11.3. The Morgan fingerprint density at radius 3 is 1.45 bits per heavy atom. The van der Waals surface area contributed by atoms with Gasteiger partial charge in [0.2, 0.25) is 0 Å². The second-order valence-electron chi connectivity index (χ2n) is 12.1. The fourth-order valence-electron chi connectivity index (χ4n) is 6.52. The number of aromatic nitrogens is 3. The van der Waals surface area contributed by atoms with E-state index in [4.69, 9.17) is 15.0 Å². The number of hydrogen-bond acceptors (Lipinski definition) is 4. The van der Waals surface area contributed by atoms with E-state index in [0.29, 0.717) is 17.5 Å². The highest BCUT2D eigenvalue weighted by molar-refractivity contribution is 7.25. The molecule has 0 bridgehead atoms. The second-order valence-corrected chi connectivity index (χ2v) is 13.1. The molecule has 0 amide bonds. The van der Waals surface area contributed by atoms with Crippen LogP contribution in [-0.4, -0.2) is 15.0 Å². The average Bonchev–Trinajstić information content (AvgIpc) is 3.58. The topological polar surface area (TPSA) is 38.7 Å². The van der Waals surface area contributed by atoms with Gasteiger partial charge in [-0.3, -0.25) is 0 Å². The number of hydrogen-bond donors (Lipinski definition) is 0. The van der Waals surface area contributed by atoms with E-state index < -0.39 is 0 Å². The molecular weight excluding hydrogens is 615 g/mol. The van der Waals surface area contributed by atoms with E-state index in [9.17, 15) is 0 Å². The van der Waals surface area contributed by atoms with Gasteiger partial charge in [-0.15, -0.1) is 11.3 Å². The van der Waals surface area contributed by atoms with Crippen molar-refractivity contribution in [1.82, 2.24) is 15.0 Å². The van der Waals surface area contributed by atoms with E-state index >= 15 is 0 Å². The summed E-state index contributed by atoms with van der Waals surface area (Å²) >= 11 is 1.84. The molecule has 9 aromatic rings. The van der Waals surface area contributed by atoms with Gasteiger partial charge in [0.25, 0.3) is 0 Å². The molecule has 0 aliphatic rings. The lowest BCUT2D eigenvalue weighted by Gasteiger charge is -2.11. The minimum absolute atomic E-state index is 0.640. The van der Waals surface area contributed by atoms with Gasteiger partial charge in [-0.1, -0.05) is 152 Å². The molecular formula is C45H29N3S. The molecule has 0 radical (unpaired) electrons. The van der Waals surface area contributed by atoms with Crippen LogP contribution < -0.4 is 0 Å². The molecule has 2 heterocycles. The molecule has 230 valence electrons. The Kier molecular flexibility index (Phi) is 7.34. The number of nitrogens with zero attached hydrogens (tertiary/aromatic N) is 3. The molecule has 0 fully saturated rings. The van der Waals surface area contributed by atoms with E-state index in [0.717, 1.165) is 38.9 Å². The molecule has 4 heteroatoms. The van der Waals surface area contributed by atoms with Crippen molar-refractivity contribution >= 4 is 31.5 Å². The summed E-state index contributed by atoms with van der Waals surface area (Å²) in [6.07, 6.45) is 0. The van der Waals surface area contributed by atoms with Gasteiger partial charge in [0.05, 0.1) is 0 Å². The van der Waals surface area contributed by atoms with E-state index in [1.54, 1.807) is 0 Å². The lowest BCUT2D eigenvalue weighted by atomic mass is 9.98. The Balaban J connectivity index is 1.19. The lowest BCUT2D eigenvalue weighted by molar-refractivity contribution is 1.07. The molecule has 3 nitrogen and oxygen atoms in total. The van der Waals surface area contributed by atoms with Crippen LogP contribution in [0.4, 0.5) is 0 Å². The molecule has 0 spiro atoms. The first kappa shape index (κ1) is 29.0. The van der Waals surface area contributed by atoms with Gasteiger partial charge in [0.1, 0.15) is 0 Å². The Morgan fingerprint density at radius 2 is 0.755 bits per heavy atom. The fourth-order valence-corrected chi connectivity index (χ4v) is 7.65. The van der Waals surface area contributed by atoms with Gasteiger partial charge in [0, 0.05) is 36.9 Å². The van der Waals surface area contributed by atoms with Crippen molar-refractivity contribution < 1.29 is 0 Å². The van der Waals surface area contributed by atoms with Gasteiger partial charge in [-0.05, 0) is 57.6 Å². The third-order valence-corrected chi connectivity index (χ3v) is 10.1. The van der Waals surface area contributed by atoms with E-state index in [2.05, 4.69) is 164 Å². The van der Waals surface area contributed by atoms with Crippen molar-refractivity contribution in [3.63, 3.8) is 0 Å². The van der Waals surface area contributed by atoms with E-state index in [-0.39, 0.29) is 0 Å². The summed E-state index contributed by atoms with van der Waals surface area (Å²) in [6.45, 7) is 0. The zero-order valence-corrected chi connectivity index (χ0v) is 27.3. The fraction of sp³-hybridized carbons (Fsp3) is 0. The maximum Gasteiger partial charge on any atom is 0.164 e. The third-order valence-electron chi connectivity index (χ3n) is 8.95. The van der Waals surface area contributed by atoms with Crippen LogP contribution >= 0.6 is 11.3 Å². The van der Waals surface area contributed by atoms with Crippen LogP contribution in [0.5, 0.6) is 0 Å². The highest BCUT2D eigenvalue weighted by atomic mass is 32.1. The molecule has 49 heavy (non-hydrogen) atoms. The second kappa shape index (κ2) is 12.4. The molecule has 0 aliphatic heterocycles. The van der Waals surface area contributed by atoms with Crippen molar-refractivity contribution in [3.8, 4) is 67.5 Å². The third kappa shape index (κ3) is 5.58. The standard InChI is InChI=1S/C45H29N3S/c1-3-12-30(13-4-1)32-24-26-33(27-25-32)43-46-44(36-18-9-16-34(28-36)31-14-5-2-6-15-31)48-45(47-43)37-19-10-17-35(29-37)38-21-11-23-41-42(38)39-20-7-8-22-40(39)49-41/h1-29H. The predicted molar refractivity (Wildman–Crippen MR) is 205 cm³/mol. The molecule has 0 saturated heterocycles. The SMILES string of the molecule is c1ccc(-c2ccc(-c3nc(-c4cccc(-c5ccccc5)c4)nc(-c4cccc(-c5cccc6sc7ccccc7c56)c4)n3)cc2)cc1. The van der Waals surface area contributed by atoms with Crippen molar-refractivity contribution in [2.45, 2.75) is 0 Å². The quantitative estimate of drug-likeness (QED) is 0.181. The molecule has 9 rings (SSSR count). The first-order valence-corrected chi connectivity index (χ1v) is 17.2. The summed E-state index contributed by atoms with van der Waals surface area (Å²) in [4.78, 5) is 15.3. The van der Waals surface area contributed by atoms with Gasteiger partial charge >= 0.3 is 0 Å². The smallest absolute Gasteiger partial charge is 0.164 e. The minimum Gasteiger partial charge on any atom is -0.208 e. The summed E-state index contributed by atoms with van der Waals surface area (Å²) in [5, 5.41) is 2.57. The Hall–Kier alpha value is -6.23. The highest BCUT2D eigenvalue weighted by Crippen LogP contribution is 2.40. The molecule has 0 N–H and O–H groups in total. The van der Waals surface area contributed by atoms with Crippen molar-refractivity contribution in [2.24, 2.45) is 0 Å². The largest absolute Gasteiger partial charge is 0.208 e. The Bertz CT molecular complexity index is 2590. The first-order chi connectivity index (χ1) is 24.3. The van der Waals surface area contributed by atoms with Crippen LogP contribution in [0, 0.1) is 0 Å². The molecule has 0 aliphatic carbocycles. The van der Waals surface area contributed by atoms with Crippen molar-refractivity contribution in [3.05, 3.63) is 176 Å². The average molecular weight is 644 g/mol. The monoisotopic (exact) mass is 643 g/mol. The number of thiophene rings is 1. The summed E-state index contributed by atoms with van der Waals surface area (Å²) in [7, 11) is 0. The lowest BCUT2D eigenvalue weighted by Crippen LogP contribution is -2.00. The van der Waals surface area contributed by atoms with E-state index in [1.165, 1.54) is 31.3 Å². The van der Waals surface area contributed by atoms with Crippen molar-refractivity contribution in [1.29, 1.82) is 0 Å². The molecule has 0 atom stereocenters. The molecule has 0 saturated carbocycles. The number of fused-ring (bicyclic) bond motifs is 3. The number of benzene rings is 7. The van der Waals surface area contributed by atoms with E-state index in [1.807, 2.05) is 23.5 Å². The van der Waals surface area contributed by atoms with Crippen molar-refractivity contribution in [2.75, 3.05) is 0 Å². The highest BCUT2D eigenvalue weighted by Gasteiger charge is 2.16. The van der Waals surface area contributed by atoms with Crippen LogP contribution in [0.15, 0.2) is 176 Å². The zero-order chi connectivity index (χ0) is 32.6. The van der Waals surface area contributed by atoms with Gasteiger partial charge in [-0.25, -0.2) is 15.0 Å². The van der Waals surface area contributed by atoms with Gasteiger partial charge in [-0.2, -0.15) is 0 Å². The summed E-state index contributed by atoms with van der Waals surface area (Å²) in [5.74, 6) is 1.92. The Labute approximate surface area is 288 Å². The van der Waals surface area contributed by atoms with Crippen LogP contribution in [-0.2, 0) is 0 Å². The molecule has 0 unspecified atom stereocenters. The predicted octanol–water partition coefficient (Wildman–Crippen LogP) is 12.2. The van der Waals surface area contributed by atoms with Crippen LogP contribution in [0.1, 0.15) is 0 Å². The first-order valence-electron chi connectivity index (χ1n) is 16.4. The number of rotatable bonds is 6. The van der Waals surface area contributed by atoms with Gasteiger partial charge in [0.15, 0.2) is 17.5 Å². The summed E-state index contributed by atoms with van der Waals surface area (Å²) in [5.41, 5.74) is 9.76. The van der Waals surface area contributed by atoms with Gasteiger partial charge < -0.3 is 0 Å².